The van der Waals surface area contributed by atoms with Crippen LogP contribution in [0, 0.1) is 0 Å². The molecule has 0 saturated carbocycles. The van der Waals surface area contributed by atoms with Crippen LogP contribution in [0.2, 0.25) is 0 Å². The Morgan fingerprint density at radius 1 is 0.645 bits per heavy atom. The van der Waals surface area contributed by atoms with E-state index >= 15 is 0 Å². The maximum Gasteiger partial charge on any atom is 0.416 e. The van der Waals surface area contributed by atoms with Crippen LogP contribution in [0.5, 0.6) is 0 Å². The van der Waals surface area contributed by atoms with Gasteiger partial charge in [-0.2, -0.15) is 26.3 Å². The van der Waals surface area contributed by atoms with Gasteiger partial charge in [-0.05, 0) is 59.7 Å². The van der Waals surface area contributed by atoms with Crippen molar-refractivity contribution in [2.45, 2.75) is 12.4 Å². The van der Waals surface area contributed by atoms with Crippen LogP contribution in [0.25, 0.3) is 22.0 Å². The summed E-state index contributed by atoms with van der Waals surface area (Å²) < 4.78 is 77.4. The van der Waals surface area contributed by atoms with Crippen LogP contribution in [0.1, 0.15) is 11.1 Å². The van der Waals surface area contributed by atoms with E-state index in [4.69, 9.17) is 0 Å². The van der Waals surface area contributed by atoms with Crippen LogP contribution in [0.4, 0.5) is 37.7 Å². The molecule has 0 bridgehead atoms. The van der Waals surface area contributed by atoms with E-state index in [1.807, 2.05) is 0 Å². The molecule has 0 fully saturated rings. The van der Waals surface area contributed by atoms with Gasteiger partial charge in [0.25, 0.3) is 0 Å². The molecule has 1 N–H and O–H groups in total. The SMILES string of the molecule is FC(F)(F)c1ccc(-c2ccc3nccc(Nc4cccc(C(F)(F)F)c4)c3c2)cc1. The van der Waals surface area contributed by atoms with Crippen molar-refractivity contribution in [3.63, 3.8) is 0 Å². The molecular formula is C23H14F6N2. The lowest BCUT2D eigenvalue weighted by atomic mass is 10.0. The lowest BCUT2D eigenvalue weighted by molar-refractivity contribution is -0.138. The summed E-state index contributed by atoms with van der Waals surface area (Å²) in [5.74, 6) is 0. The normalized spacial score (nSPS) is 12.2. The third kappa shape index (κ3) is 4.47. The number of halogens is 6. The summed E-state index contributed by atoms with van der Waals surface area (Å²) in [5.41, 5.74) is 1.07. The van der Waals surface area contributed by atoms with Gasteiger partial charge in [-0.25, -0.2) is 0 Å². The topological polar surface area (TPSA) is 24.9 Å². The minimum absolute atomic E-state index is 0.252. The van der Waals surface area contributed by atoms with E-state index < -0.39 is 23.5 Å². The number of hydrogen-bond acceptors (Lipinski definition) is 2. The summed E-state index contributed by atoms with van der Waals surface area (Å²) in [5, 5.41) is 3.60. The van der Waals surface area contributed by atoms with Crippen molar-refractivity contribution < 1.29 is 26.3 Å². The Morgan fingerprint density at radius 2 is 1.32 bits per heavy atom. The second kappa shape index (κ2) is 7.61. The molecule has 3 aromatic carbocycles. The van der Waals surface area contributed by atoms with Crippen LogP contribution in [-0.4, -0.2) is 4.98 Å². The number of nitrogens with zero attached hydrogens (tertiary/aromatic N) is 1. The van der Waals surface area contributed by atoms with E-state index in [1.165, 1.54) is 30.5 Å². The van der Waals surface area contributed by atoms with Crippen molar-refractivity contribution in [3.05, 3.63) is 90.1 Å². The minimum Gasteiger partial charge on any atom is -0.355 e. The van der Waals surface area contributed by atoms with Crippen molar-refractivity contribution in [2.24, 2.45) is 0 Å². The predicted molar refractivity (Wildman–Crippen MR) is 107 cm³/mol. The number of anilines is 2. The number of pyridine rings is 1. The highest BCUT2D eigenvalue weighted by atomic mass is 19.4. The molecule has 0 aliphatic heterocycles. The highest BCUT2D eigenvalue weighted by molar-refractivity contribution is 5.95. The van der Waals surface area contributed by atoms with Crippen LogP contribution in [0.15, 0.2) is 79.0 Å². The average Bonchev–Trinajstić information content (AvgIpc) is 2.73. The predicted octanol–water partition coefficient (Wildman–Crippen LogP) is 7.68. The molecule has 31 heavy (non-hydrogen) atoms. The number of aromatic nitrogens is 1. The highest BCUT2D eigenvalue weighted by Gasteiger charge is 2.31. The second-order valence-corrected chi connectivity index (χ2v) is 6.87. The fourth-order valence-corrected chi connectivity index (χ4v) is 3.22. The van der Waals surface area contributed by atoms with E-state index in [-0.39, 0.29) is 5.69 Å². The maximum atomic E-state index is 13.0. The minimum atomic E-state index is -4.46. The molecule has 0 amide bonds. The lowest BCUT2D eigenvalue weighted by Crippen LogP contribution is -2.05. The molecule has 0 saturated heterocycles. The molecule has 0 atom stereocenters. The molecule has 158 valence electrons. The zero-order chi connectivity index (χ0) is 22.2. The standard InChI is InChI=1S/C23H14F6N2/c24-22(25,26)16-7-4-14(5-8-16)15-6-9-20-19(12-15)21(10-11-30-20)31-18-3-1-2-17(13-18)23(27,28)29/h1-13H,(H,30,31). The first-order valence-electron chi connectivity index (χ1n) is 9.12. The van der Waals surface area contributed by atoms with Crippen LogP contribution in [-0.2, 0) is 12.4 Å². The summed E-state index contributed by atoms with van der Waals surface area (Å²) in [4.78, 5) is 4.25. The molecule has 4 rings (SSSR count). The van der Waals surface area contributed by atoms with Gasteiger partial charge >= 0.3 is 12.4 Å². The summed E-state index contributed by atoms with van der Waals surface area (Å²) in [6, 6.07) is 16.4. The zero-order valence-electron chi connectivity index (χ0n) is 15.7. The quantitative estimate of drug-likeness (QED) is 0.336. The Bertz CT molecular complexity index is 1230. The Balaban J connectivity index is 1.71. The fraction of sp³-hybridized carbons (Fsp3) is 0.0870. The van der Waals surface area contributed by atoms with Gasteiger partial charge in [0, 0.05) is 23.0 Å². The van der Waals surface area contributed by atoms with Crippen molar-refractivity contribution in [1.82, 2.24) is 4.98 Å². The van der Waals surface area contributed by atoms with Crippen molar-refractivity contribution in [1.29, 1.82) is 0 Å². The molecular weight excluding hydrogens is 418 g/mol. The van der Waals surface area contributed by atoms with E-state index in [1.54, 1.807) is 24.3 Å². The molecule has 0 aliphatic carbocycles. The largest absolute Gasteiger partial charge is 0.416 e. The van der Waals surface area contributed by atoms with Gasteiger partial charge in [0.2, 0.25) is 0 Å². The smallest absolute Gasteiger partial charge is 0.355 e. The molecule has 0 aliphatic rings. The van der Waals surface area contributed by atoms with Gasteiger partial charge in [0.1, 0.15) is 0 Å². The molecule has 2 nitrogen and oxygen atoms in total. The van der Waals surface area contributed by atoms with E-state index in [0.717, 1.165) is 24.3 Å². The number of fused-ring (bicyclic) bond motifs is 1. The molecule has 1 aromatic heterocycles. The van der Waals surface area contributed by atoms with E-state index in [2.05, 4.69) is 10.3 Å². The number of alkyl halides is 6. The van der Waals surface area contributed by atoms with E-state index in [9.17, 15) is 26.3 Å². The number of nitrogens with one attached hydrogen (secondary N) is 1. The van der Waals surface area contributed by atoms with Gasteiger partial charge in [0.15, 0.2) is 0 Å². The molecule has 0 unspecified atom stereocenters. The van der Waals surface area contributed by atoms with Crippen molar-refractivity contribution in [2.75, 3.05) is 5.32 Å². The van der Waals surface area contributed by atoms with Gasteiger partial charge in [-0.15, -0.1) is 0 Å². The summed E-state index contributed by atoms with van der Waals surface area (Å²) in [6.45, 7) is 0. The molecule has 0 spiro atoms. The second-order valence-electron chi connectivity index (χ2n) is 6.87. The lowest BCUT2D eigenvalue weighted by Gasteiger charge is -2.13. The molecule has 8 heteroatoms. The first kappa shape index (κ1) is 20.7. The summed E-state index contributed by atoms with van der Waals surface area (Å²) in [6.07, 6.45) is -7.36. The molecule has 4 aromatic rings. The Morgan fingerprint density at radius 3 is 2.00 bits per heavy atom. The Hall–Kier alpha value is -3.55. The van der Waals surface area contributed by atoms with Gasteiger partial charge < -0.3 is 5.32 Å². The third-order valence-electron chi connectivity index (χ3n) is 4.76. The van der Waals surface area contributed by atoms with Gasteiger partial charge in [0.05, 0.1) is 16.6 Å². The van der Waals surface area contributed by atoms with Gasteiger partial charge in [-0.1, -0.05) is 24.3 Å². The Labute approximate surface area is 173 Å². The molecule has 1 heterocycles. The molecule has 0 radical (unpaired) electrons. The van der Waals surface area contributed by atoms with Crippen LogP contribution in [0.3, 0.4) is 0 Å². The Kier molecular flexibility index (Phi) is 5.08. The number of rotatable bonds is 3. The monoisotopic (exact) mass is 432 g/mol. The average molecular weight is 432 g/mol. The number of benzene rings is 3. The first-order chi connectivity index (χ1) is 14.6. The van der Waals surface area contributed by atoms with Crippen molar-refractivity contribution >= 4 is 22.3 Å². The first-order valence-corrected chi connectivity index (χ1v) is 9.12. The van der Waals surface area contributed by atoms with E-state index in [0.29, 0.717) is 27.7 Å². The highest BCUT2D eigenvalue weighted by Crippen LogP contribution is 2.35. The van der Waals surface area contributed by atoms with Gasteiger partial charge in [-0.3, -0.25) is 4.98 Å². The fourth-order valence-electron chi connectivity index (χ4n) is 3.22. The van der Waals surface area contributed by atoms with Crippen molar-refractivity contribution in [3.8, 4) is 11.1 Å². The number of hydrogen-bond donors (Lipinski definition) is 1. The summed E-state index contributed by atoms with van der Waals surface area (Å²) in [7, 11) is 0. The maximum absolute atomic E-state index is 13.0. The van der Waals surface area contributed by atoms with Crippen LogP contribution < -0.4 is 5.32 Å². The third-order valence-corrected chi connectivity index (χ3v) is 4.76. The zero-order valence-corrected chi connectivity index (χ0v) is 15.7. The van der Waals surface area contributed by atoms with Crippen LogP contribution >= 0.6 is 0 Å². The summed E-state index contributed by atoms with van der Waals surface area (Å²) >= 11 is 0.